The van der Waals surface area contributed by atoms with Crippen LogP contribution in [-0.2, 0) is 9.53 Å². The van der Waals surface area contributed by atoms with Gasteiger partial charge in [-0.2, -0.15) is 0 Å². The van der Waals surface area contributed by atoms with E-state index in [2.05, 4.69) is 0 Å². The van der Waals surface area contributed by atoms with Crippen molar-refractivity contribution < 1.29 is 26.3 Å². The quantitative estimate of drug-likeness (QED) is 0.368. The van der Waals surface area contributed by atoms with Gasteiger partial charge in [0.05, 0.1) is 18.1 Å². The van der Waals surface area contributed by atoms with E-state index in [0.717, 1.165) is 0 Å². The SMILES string of the molecule is [2H]NC(=O)[C@H]1[C@H](O)[C@H](O)C(O)O[C@@H]1C. The number of nitrogens with two attached hydrogens (primary N) is 1. The summed E-state index contributed by atoms with van der Waals surface area (Å²) in [4.78, 5) is 11.1. The number of hydrogen-bond acceptors (Lipinski definition) is 5. The van der Waals surface area contributed by atoms with E-state index in [-0.39, 0.29) is 0 Å². The monoisotopic (exact) mass is 192 g/mol. The van der Waals surface area contributed by atoms with Gasteiger partial charge in [0.25, 0.3) is 0 Å². The maximum atomic E-state index is 11.1. The Morgan fingerprint density at radius 1 is 1.46 bits per heavy atom. The molecule has 1 aliphatic heterocycles. The van der Waals surface area contributed by atoms with Crippen LogP contribution in [0.3, 0.4) is 0 Å². The summed E-state index contributed by atoms with van der Waals surface area (Å²) in [7, 11) is 0. The minimum atomic E-state index is -1.53. The summed E-state index contributed by atoms with van der Waals surface area (Å²) >= 11 is 0. The molecule has 0 aromatic carbocycles. The van der Waals surface area contributed by atoms with Crippen LogP contribution >= 0.6 is 0 Å². The average Bonchev–Trinajstić information content (AvgIpc) is 2.14. The maximum absolute atomic E-state index is 11.1. The second kappa shape index (κ2) is 3.59. The molecule has 0 aromatic heterocycles. The summed E-state index contributed by atoms with van der Waals surface area (Å²) in [6.07, 6.45) is -5.23. The van der Waals surface area contributed by atoms with Crippen LogP contribution in [0.15, 0.2) is 0 Å². The number of amides is 1. The highest BCUT2D eigenvalue weighted by atomic mass is 16.6. The highest BCUT2D eigenvalue weighted by Crippen LogP contribution is 2.24. The van der Waals surface area contributed by atoms with Gasteiger partial charge in [0.2, 0.25) is 5.91 Å². The number of hydrogen-bond donors (Lipinski definition) is 4. The lowest BCUT2D eigenvalue weighted by Gasteiger charge is -2.37. The van der Waals surface area contributed by atoms with Crippen molar-refractivity contribution in [1.82, 2.24) is 0 Å². The van der Waals surface area contributed by atoms with Crippen LogP contribution in [0.5, 0.6) is 0 Å². The molecule has 0 aromatic rings. The van der Waals surface area contributed by atoms with Gasteiger partial charge in [-0.1, -0.05) is 0 Å². The predicted molar refractivity (Wildman–Crippen MR) is 41.3 cm³/mol. The van der Waals surface area contributed by atoms with Crippen molar-refractivity contribution in [2.75, 3.05) is 0 Å². The molecule has 13 heavy (non-hydrogen) atoms. The lowest BCUT2D eigenvalue weighted by molar-refractivity contribution is -0.260. The van der Waals surface area contributed by atoms with Gasteiger partial charge < -0.3 is 25.8 Å². The molecule has 5 atom stereocenters. The Balaban J connectivity index is 2.78. The predicted octanol–water partition coefficient (Wildman–Crippen LogP) is -2.45. The summed E-state index contributed by atoms with van der Waals surface area (Å²) in [5.41, 5.74) is 1.61. The third-order valence-corrected chi connectivity index (χ3v) is 2.17. The van der Waals surface area contributed by atoms with E-state index in [1.165, 1.54) is 6.92 Å². The fourth-order valence-electron chi connectivity index (χ4n) is 1.41. The summed E-state index contributed by atoms with van der Waals surface area (Å²) in [5.74, 6) is -1.80. The number of carbonyl (C=O) groups is 1. The van der Waals surface area contributed by atoms with Gasteiger partial charge in [-0.05, 0) is 6.92 Å². The summed E-state index contributed by atoms with van der Waals surface area (Å²) in [5, 5.41) is 27.7. The Morgan fingerprint density at radius 3 is 2.62 bits per heavy atom. The molecule has 0 spiro atoms. The molecule has 5 N–H and O–H groups in total. The van der Waals surface area contributed by atoms with Gasteiger partial charge in [0.15, 0.2) is 7.70 Å². The average molecular weight is 192 g/mol. The van der Waals surface area contributed by atoms with Gasteiger partial charge in [-0.15, -0.1) is 0 Å². The number of rotatable bonds is 1. The molecule has 0 radical (unpaired) electrons. The molecule has 0 bridgehead atoms. The Morgan fingerprint density at radius 2 is 2.08 bits per heavy atom. The van der Waals surface area contributed by atoms with Crippen LogP contribution < -0.4 is 5.73 Å². The van der Waals surface area contributed by atoms with E-state index < -0.39 is 36.4 Å². The van der Waals surface area contributed by atoms with Crippen molar-refractivity contribution in [3.63, 3.8) is 0 Å². The molecule has 6 nitrogen and oxygen atoms in total. The van der Waals surface area contributed by atoms with Crippen LogP contribution in [-0.4, -0.2) is 45.8 Å². The van der Waals surface area contributed by atoms with Crippen molar-refractivity contribution >= 4 is 5.91 Å². The zero-order valence-electron chi connectivity index (χ0n) is 8.04. The molecule has 1 amide bonds. The smallest absolute Gasteiger partial charge is 0.225 e. The third kappa shape index (κ3) is 1.80. The maximum Gasteiger partial charge on any atom is 0.225 e. The molecule has 1 unspecified atom stereocenters. The molecule has 6 heteroatoms. The molecule has 1 fully saturated rings. The first-order valence-electron chi connectivity index (χ1n) is 4.40. The largest absolute Gasteiger partial charge is 0.389 e. The van der Waals surface area contributed by atoms with Crippen molar-refractivity contribution in [2.45, 2.75) is 31.5 Å². The van der Waals surface area contributed by atoms with Gasteiger partial charge in [0.1, 0.15) is 6.10 Å². The van der Waals surface area contributed by atoms with Crippen LogP contribution in [0.1, 0.15) is 6.92 Å². The lowest BCUT2D eigenvalue weighted by atomic mass is 9.89. The molecule has 0 saturated carbocycles. The van der Waals surface area contributed by atoms with Gasteiger partial charge in [-0.3, -0.25) is 4.79 Å². The summed E-state index contributed by atoms with van der Waals surface area (Å²) in [6.45, 7) is 1.47. The molecule has 1 aliphatic rings. The highest BCUT2D eigenvalue weighted by molar-refractivity contribution is 5.78. The zero-order valence-corrected chi connectivity index (χ0v) is 7.04. The number of primary amides is 1. The Hall–Kier alpha value is -0.690. The van der Waals surface area contributed by atoms with E-state index >= 15 is 0 Å². The normalized spacial score (nSPS) is 46.8. The first-order chi connectivity index (χ1) is 6.49. The molecule has 0 aliphatic carbocycles. The summed E-state index contributed by atoms with van der Waals surface area (Å²) in [6, 6.07) is 0. The minimum Gasteiger partial charge on any atom is -0.389 e. The number of aliphatic hydroxyl groups excluding tert-OH is 3. The standard InChI is InChI=1S/C7H13NO5/c1-2-3(6(8)11)4(9)5(10)7(12)13-2/h2-5,7,9-10,12H,1H3,(H2,8,11)/t2-,3-,4+,5+,7?/m1/s1/i/hD. The van der Waals surface area contributed by atoms with Crippen LogP contribution in [0.2, 0.25) is 1.41 Å². The number of ether oxygens (including phenoxy) is 1. The first-order valence-corrected chi connectivity index (χ1v) is 3.90. The van der Waals surface area contributed by atoms with Gasteiger partial charge in [-0.25, -0.2) is 0 Å². The van der Waals surface area contributed by atoms with Crippen LogP contribution in [0.25, 0.3) is 0 Å². The van der Waals surface area contributed by atoms with E-state index in [9.17, 15) is 15.0 Å². The number of carbonyl (C=O) groups excluding carboxylic acids is 1. The second-order valence-electron chi connectivity index (χ2n) is 3.10. The van der Waals surface area contributed by atoms with E-state index in [4.69, 9.17) is 11.3 Å². The second-order valence-corrected chi connectivity index (χ2v) is 3.10. The van der Waals surface area contributed by atoms with Crippen molar-refractivity contribution in [1.29, 1.82) is 0 Å². The molecular formula is C7H13NO5. The minimum absolute atomic E-state index is 0.754. The van der Waals surface area contributed by atoms with Crippen LogP contribution in [0, 0.1) is 5.92 Å². The first kappa shape index (κ1) is 8.89. The third-order valence-electron chi connectivity index (χ3n) is 2.17. The lowest BCUT2D eigenvalue weighted by Crippen LogP contribution is -2.57. The van der Waals surface area contributed by atoms with E-state index in [1.807, 2.05) is 0 Å². The van der Waals surface area contributed by atoms with Crippen LogP contribution in [0.4, 0.5) is 0 Å². The van der Waals surface area contributed by atoms with Crippen molar-refractivity contribution in [3.8, 4) is 0 Å². The van der Waals surface area contributed by atoms with E-state index in [0.29, 0.717) is 0 Å². The molecule has 1 saturated heterocycles. The molecule has 1 rings (SSSR count). The van der Waals surface area contributed by atoms with Gasteiger partial charge in [0, 0.05) is 0 Å². The Kier molecular flexibility index (Phi) is 2.45. The molecule has 1 heterocycles. The number of aliphatic hydroxyl groups is 3. The zero-order chi connectivity index (χ0) is 10.9. The summed E-state index contributed by atoms with van der Waals surface area (Å²) < 4.78 is 11.4. The topological polar surface area (TPSA) is 113 Å². The van der Waals surface area contributed by atoms with Gasteiger partial charge >= 0.3 is 0 Å². The fraction of sp³-hybridized carbons (Fsp3) is 0.857. The Labute approximate surface area is 76.4 Å². The fourth-order valence-corrected chi connectivity index (χ4v) is 1.41. The molecule has 76 valence electrons. The van der Waals surface area contributed by atoms with Crippen molar-refractivity contribution in [3.05, 3.63) is 0 Å². The van der Waals surface area contributed by atoms with E-state index in [1.54, 1.807) is 5.73 Å². The molecular weight excluding hydrogens is 178 g/mol. The van der Waals surface area contributed by atoms with Crippen molar-refractivity contribution in [2.24, 2.45) is 11.6 Å². The Bertz CT molecular complexity index is 226. The highest BCUT2D eigenvalue weighted by Gasteiger charge is 2.44.